The van der Waals surface area contributed by atoms with E-state index in [0.717, 1.165) is 28.2 Å². The monoisotopic (exact) mass is 255 g/mol. The second-order valence-electron chi connectivity index (χ2n) is 4.53. The Kier molecular flexibility index (Phi) is 2.80. The Morgan fingerprint density at radius 2 is 2.11 bits per heavy atom. The fraction of sp³-hybridized carbons (Fsp3) is 0.133. The Morgan fingerprint density at radius 3 is 2.84 bits per heavy atom. The van der Waals surface area contributed by atoms with Crippen LogP contribution in [-0.4, -0.2) is 9.38 Å². The molecule has 0 spiro atoms. The van der Waals surface area contributed by atoms with E-state index in [0.29, 0.717) is 6.54 Å². The smallest absolute Gasteiger partial charge is 0.137 e. The maximum Gasteiger partial charge on any atom is 0.137 e. The molecule has 0 unspecified atom stereocenters. The summed E-state index contributed by atoms with van der Waals surface area (Å²) in [6.45, 7) is 2.39. The van der Waals surface area contributed by atoms with Gasteiger partial charge in [0.05, 0.1) is 11.4 Å². The van der Waals surface area contributed by atoms with Gasteiger partial charge in [-0.05, 0) is 30.7 Å². The van der Waals surface area contributed by atoms with Crippen molar-refractivity contribution in [3.05, 3.63) is 59.7 Å². The molecule has 3 aromatic rings. The number of hydrogen-bond donors (Lipinski definition) is 1. The molecule has 0 saturated carbocycles. The van der Waals surface area contributed by atoms with Crippen LogP contribution in [0.5, 0.6) is 0 Å². The molecule has 0 atom stereocenters. The molecule has 2 aromatic heterocycles. The van der Waals surface area contributed by atoms with Gasteiger partial charge in [-0.2, -0.15) is 0 Å². The van der Waals surface area contributed by atoms with Crippen LogP contribution in [0.2, 0.25) is 0 Å². The van der Waals surface area contributed by atoms with Crippen molar-refractivity contribution in [3.63, 3.8) is 0 Å². The van der Waals surface area contributed by atoms with Crippen molar-refractivity contribution in [2.45, 2.75) is 13.5 Å². The number of aryl methyl sites for hydroxylation is 1. The summed E-state index contributed by atoms with van der Waals surface area (Å²) in [4.78, 5) is 4.49. The van der Waals surface area contributed by atoms with Gasteiger partial charge in [-0.25, -0.2) is 9.37 Å². The molecule has 3 nitrogen and oxygen atoms in total. The van der Waals surface area contributed by atoms with Crippen molar-refractivity contribution in [1.29, 1.82) is 0 Å². The van der Waals surface area contributed by atoms with E-state index in [4.69, 9.17) is 5.73 Å². The Labute approximate surface area is 110 Å². The molecule has 1 aromatic carbocycles. The Balaban J connectivity index is 2.30. The van der Waals surface area contributed by atoms with Crippen molar-refractivity contribution in [3.8, 4) is 11.3 Å². The molecule has 4 heteroatoms. The lowest BCUT2D eigenvalue weighted by Gasteiger charge is -2.05. The van der Waals surface area contributed by atoms with Gasteiger partial charge in [0.25, 0.3) is 0 Å². The fourth-order valence-electron chi connectivity index (χ4n) is 2.31. The lowest BCUT2D eigenvalue weighted by molar-refractivity contribution is 0.628. The summed E-state index contributed by atoms with van der Waals surface area (Å²) in [6, 6.07) is 10.4. The highest BCUT2D eigenvalue weighted by Gasteiger charge is 2.11. The van der Waals surface area contributed by atoms with Crippen LogP contribution in [0.4, 0.5) is 4.39 Å². The van der Waals surface area contributed by atoms with Crippen LogP contribution in [0.25, 0.3) is 16.9 Å². The first-order valence-electron chi connectivity index (χ1n) is 6.12. The summed E-state index contributed by atoms with van der Waals surface area (Å²) in [6.07, 6.45) is 1.95. The molecule has 0 amide bonds. The van der Waals surface area contributed by atoms with E-state index in [1.54, 1.807) is 6.07 Å². The molecule has 0 saturated heterocycles. The number of aromatic nitrogens is 2. The Morgan fingerprint density at radius 1 is 1.26 bits per heavy atom. The average molecular weight is 255 g/mol. The SMILES string of the molecule is Cc1nc2ccc(CN)cn2c1-c1cccc(F)c1. The predicted octanol–water partition coefficient (Wildman–Crippen LogP) is 2.91. The number of rotatable bonds is 2. The van der Waals surface area contributed by atoms with Gasteiger partial charge in [0, 0.05) is 18.3 Å². The maximum absolute atomic E-state index is 13.4. The zero-order valence-electron chi connectivity index (χ0n) is 10.6. The van der Waals surface area contributed by atoms with E-state index in [9.17, 15) is 4.39 Å². The largest absolute Gasteiger partial charge is 0.326 e. The minimum absolute atomic E-state index is 0.248. The summed E-state index contributed by atoms with van der Waals surface area (Å²) in [5, 5.41) is 0. The summed E-state index contributed by atoms with van der Waals surface area (Å²) < 4.78 is 15.4. The Bertz CT molecular complexity index is 746. The van der Waals surface area contributed by atoms with Crippen LogP contribution < -0.4 is 5.73 Å². The molecule has 0 aliphatic carbocycles. The van der Waals surface area contributed by atoms with Gasteiger partial charge >= 0.3 is 0 Å². The number of fused-ring (bicyclic) bond motifs is 1. The van der Waals surface area contributed by atoms with Gasteiger partial charge in [-0.15, -0.1) is 0 Å². The molecule has 0 aliphatic heterocycles. The number of pyridine rings is 1. The summed E-state index contributed by atoms with van der Waals surface area (Å²) in [7, 11) is 0. The van der Waals surface area contributed by atoms with Gasteiger partial charge in [-0.3, -0.25) is 4.40 Å². The van der Waals surface area contributed by atoms with Gasteiger partial charge in [0.15, 0.2) is 0 Å². The van der Waals surface area contributed by atoms with Crippen molar-refractivity contribution in [1.82, 2.24) is 9.38 Å². The van der Waals surface area contributed by atoms with Crippen molar-refractivity contribution in [2.75, 3.05) is 0 Å². The van der Waals surface area contributed by atoms with Crippen LogP contribution in [-0.2, 0) is 6.54 Å². The average Bonchev–Trinajstić information content (AvgIpc) is 2.73. The first-order chi connectivity index (χ1) is 9.19. The van der Waals surface area contributed by atoms with Gasteiger partial charge in [0.1, 0.15) is 11.5 Å². The van der Waals surface area contributed by atoms with Crippen LogP contribution in [0.3, 0.4) is 0 Å². The van der Waals surface area contributed by atoms with Gasteiger partial charge in [-0.1, -0.05) is 18.2 Å². The van der Waals surface area contributed by atoms with Crippen LogP contribution in [0.1, 0.15) is 11.3 Å². The lowest BCUT2D eigenvalue weighted by atomic mass is 10.1. The van der Waals surface area contributed by atoms with Crippen molar-refractivity contribution in [2.24, 2.45) is 5.73 Å². The van der Waals surface area contributed by atoms with Gasteiger partial charge < -0.3 is 5.73 Å². The normalized spacial score (nSPS) is 11.1. The maximum atomic E-state index is 13.4. The molecule has 2 N–H and O–H groups in total. The zero-order valence-corrected chi connectivity index (χ0v) is 10.6. The van der Waals surface area contributed by atoms with Crippen molar-refractivity contribution < 1.29 is 4.39 Å². The molecule has 0 radical (unpaired) electrons. The molecular formula is C15H14FN3. The molecule has 19 heavy (non-hydrogen) atoms. The highest BCUT2D eigenvalue weighted by Crippen LogP contribution is 2.25. The van der Waals surface area contributed by atoms with Crippen LogP contribution >= 0.6 is 0 Å². The Hall–Kier alpha value is -2.20. The first-order valence-corrected chi connectivity index (χ1v) is 6.12. The molecule has 3 rings (SSSR count). The lowest BCUT2D eigenvalue weighted by Crippen LogP contribution is -1.99. The van der Waals surface area contributed by atoms with Crippen LogP contribution in [0, 0.1) is 12.7 Å². The predicted molar refractivity (Wildman–Crippen MR) is 73.2 cm³/mol. The highest BCUT2D eigenvalue weighted by molar-refractivity contribution is 5.67. The molecule has 0 bridgehead atoms. The third kappa shape index (κ3) is 2.00. The van der Waals surface area contributed by atoms with E-state index < -0.39 is 0 Å². The second-order valence-corrected chi connectivity index (χ2v) is 4.53. The quantitative estimate of drug-likeness (QED) is 0.765. The number of imidazole rings is 1. The number of nitrogens with two attached hydrogens (primary N) is 1. The van der Waals surface area contributed by atoms with Crippen LogP contribution in [0.15, 0.2) is 42.6 Å². The van der Waals surface area contributed by atoms with E-state index in [1.165, 1.54) is 12.1 Å². The van der Waals surface area contributed by atoms with E-state index in [2.05, 4.69) is 4.98 Å². The van der Waals surface area contributed by atoms with E-state index >= 15 is 0 Å². The number of hydrogen-bond acceptors (Lipinski definition) is 2. The molecule has 96 valence electrons. The number of halogens is 1. The summed E-state index contributed by atoms with van der Waals surface area (Å²) >= 11 is 0. The third-order valence-electron chi connectivity index (χ3n) is 3.19. The summed E-state index contributed by atoms with van der Waals surface area (Å²) in [5.41, 5.74) is 10.1. The second kappa shape index (κ2) is 4.48. The molecule has 2 heterocycles. The summed E-state index contributed by atoms with van der Waals surface area (Å²) in [5.74, 6) is -0.248. The van der Waals surface area contributed by atoms with Crippen molar-refractivity contribution >= 4 is 5.65 Å². The zero-order chi connectivity index (χ0) is 13.4. The van der Waals surface area contributed by atoms with E-state index in [1.807, 2.05) is 35.7 Å². The van der Waals surface area contributed by atoms with Gasteiger partial charge in [0.2, 0.25) is 0 Å². The number of benzene rings is 1. The highest BCUT2D eigenvalue weighted by atomic mass is 19.1. The topological polar surface area (TPSA) is 43.3 Å². The molecular weight excluding hydrogens is 241 g/mol. The molecule has 0 aliphatic rings. The minimum atomic E-state index is -0.248. The third-order valence-corrected chi connectivity index (χ3v) is 3.19. The standard InChI is InChI=1S/C15H14FN3/c1-10-15(12-3-2-4-13(16)7-12)19-9-11(8-17)5-6-14(19)18-10/h2-7,9H,8,17H2,1H3. The molecule has 0 fully saturated rings. The fourth-order valence-corrected chi connectivity index (χ4v) is 2.31. The number of nitrogens with zero attached hydrogens (tertiary/aromatic N) is 2. The first kappa shape index (κ1) is 11.9. The minimum Gasteiger partial charge on any atom is -0.326 e. The van der Waals surface area contributed by atoms with E-state index in [-0.39, 0.29) is 5.82 Å².